The Balaban J connectivity index is 1.08. The van der Waals surface area contributed by atoms with Crippen LogP contribution in [0.2, 0.25) is 5.02 Å². The van der Waals surface area contributed by atoms with Crippen LogP contribution in [0.4, 0.5) is 11.4 Å². The third-order valence-corrected chi connectivity index (χ3v) is 13.2. The molecule has 3 fully saturated rings. The highest BCUT2D eigenvalue weighted by Crippen LogP contribution is 2.69. The Morgan fingerprint density at radius 3 is 2.42 bits per heavy atom. The minimum absolute atomic E-state index is 0.0218. The van der Waals surface area contributed by atoms with Crippen LogP contribution in [-0.2, 0) is 19.1 Å². The Labute approximate surface area is 300 Å². The molecule has 7 atom stereocenters. The number of amides is 3. The van der Waals surface area contributed by atoms with Crippen molar-refractivity contribution in [3.05, 3.63) is 103 Å². The Morgan fingerprint density at radius 1 is 0.980 bits per heavy atom. The number of H-pyrrole nitrogens is 1. The Hall–Kier alpha value is -4.39. The highest BCUT2D eigenvalue weighted by atomic mass is 35.5. The molecule has 3 heterocycles. The molecule has 3 amide bonds. The van der Waals surface area contributed by atoms with Crippen molar-refractivity contribution >= 4 is 69.8 Å². The molecule has 0 spiro atoms. The summed E-state index contributed by atoms with van der Waals surface area (Å²) in [6.07, 6.45) is 0.737. The van der Waals surface area contributed by atoms with Gasteiger partial charge in [0.1, 0.15) is 5.75 Å². The molecule has 50 heavy (non-hydrogen) atoms. The number of anilines is 2. The standard InChI is InChI=1S/C37H32ClN3O7S2/c1-3-47-36(45)18-6-9-20(10-7-18)39-26(42)16-48-25-13-8-19(38)14-22(25)27-28-23-15-24(31(28)49-33-32(27)50-37(46)40-33)30-29(23)34(43)41(35(30)44)21-11-4-17(2)5-12-21/h4-14,23-24,27-31H,3,15-16H2,1-2H3,(H,39,42)(H,40,46)/t23-,24-,27+,28-,29+,30+,31-/m1/s1. The molecule has 0 radical (unpaired) electrons. The van der Waals surface area contributed by atoms with E-state index < -0.39 is 23.7 Å². The lowest BCUT2D eigenvalue weighted by molar-refractivity contribution is -0.123. The first-order valence-corrected chi connectivity index (χ1v) is 18.5. The van der Waals surface area contributed by atoms with E-state index in [9.17, 15) is 24.0 Å². The zero-order chi connectivity index (χ0) is 34.8. The maximum atomic E-state index is 14.1. The number of hydrogen-bond donors (Lipinski definition) is 2. The van der Waals surface area contributed by atoms with Crippen molar-refractivity contribution in [2.24, 2.45) is 29.6 Å². The number of fused-ring (bicyclic) bond motifs is 9. The van der Waals surface area contributed by atoms with E-state index in [4.69, 9.17) is 21.1 Å². The molecule has 4 aromatic rings. The molecule has 13 heteroatoms. The number of thiazole rings is 1. The molecule has 256 valence electrons. The third kappa shape index (κ3) is 5.44. The molecule has 10 nitrogen and oxygen atoms in total. The van der Waals surface area contributed by atoms with E-state index in [1.54, 1.807) is 55.1 Å². The van der Waals surface area contributed by atoms with Gasteiger partial charge in [-0.25, -0.2) is 4.79 Å². The number of carbonyl (C=O) groups is 4. The quantitative estimate of drug-likeness (QED) is 0.160. The number of benzene rings is 3. The van der Waals surface area contributed by atoms with Crippen molar-refractivity contribution in [2.45, 2.75) is 36.5 Å². The maximum absolute atomic E-state index is 14.1. The molecule has 2 aliphatic carbocycles. The molecule has 8 rings (SSSR count). The lowest BCUT2D eigenvalue weighted by Gasteiger charge is -2.43. The molecule has 4 aliphatic rings. The number of carbonyl (C=O) groups excluding carboxylic acids is 4. The summed E-state index contributed by atoms with van der Waals surface area (Å²) < 4.78 is 11.2. The van der Waals surface area contributed by atoms with Gasteiger partial charge in [0.25, 0.3) is 5.91 Å². The second-order valence-electron chi connectivity index (χ2n) is 13.1. The maximum Gasteiger partial charge on any atom is 0.338 e. The number of aromatic amines is 1. The van der Waals surface area contributed by atoms with Crippen LogP contribution in [0.1, 0.15) is 45.6 Å². The topological polar surface area (TPSA) is 135 Å². The van der Waals surface area contributed by atoms with Crippen LogP contribution < -0.4 is 19.8 Å². The van der Waals surface area contributed by atoms with Crippen molar-refractivity contribution < 1.29 is 28.7 Å². The monoisotopic (exact) mass is 729 g/mol. The molecular weight excluding hydrogens is 698 g/mol. The van der Waals surface area contributed by atoms with E-state index in [-0.39, 0.29) is 58.8 Å². The van der Waals surface area contributed by atoms with Gasteiger partial charge in [-0.05, 0) is 92.6 Å². The van der Waals surface area contributed by atoms with E-state index in [1.165, 1.54) is 4.90 Å². The Bertz CT molecular complexity index is 2100. The van der Waals surface area contributed by atoms with E-state index >= 15 is 0 Å². The SMILES string of the molecule is CCOC(=O)c1ccc(NC(=O)COc2ccc(Cl)cc2[C@@H]2c3sc(=O)[nH]c3S[C@@H]3[C@@H]4C[C@@H]([C@@H]5C(=O)N(c6ccc(C)cc6)C(=O)[C@@H]45)[C@H]23)cc1. The molecule has 2 saturated carbocycles. The largest absolute Gasteiger partial charge is 0.483 e. The summed E-state index contributed by atoms with van der Waals surface area (Å²) in [5.74, 6) is -2.17. The lowest BCUT2D eigenvalue weighted by Crippen LogP contribution is -2.42. The van der Waals surface area contributed by atoms with Gasteiger partial charge >= 0.3 is 10.8 Å². The highest BCUT2D eigenvalue weighted by molar-refractivity contribution is 8.00. The average Bonchev–Trinajstić information content (AvgIpc) is 3.84. The fourth-order valence-electron chi connectivity index (χ4n) is 8.45. The summed E-state index contributed by atoms with van der Waals surface area (Å²) in [6.45, 7) is 3.65. The van der Waals surface area contributed by atoms with Crippen molar-refractivity contribution in [1.29, 1.82) is 0 Å². The van der Waals surface area contributed by atoms with Gasteiger partial charge in [-0.2, -0.15) is 0 Å². The first kappa shape index (κ1) is 32.8. The van der Waals surface area contributed by atoms with Gasteiger partial charge in [0, 0.05) is 32.3 Å². The van der Waals surface area contributed by atoms with Gasteiger partial charge in [-0.3, -0.25) is 24.1 Å². The molecule has 1 aromatic heterocycles. The third-order valence-electron chi connectivity index (χ3n) is 10.4. The van der Waals surface area contributed by atoms with Gasteiger partial charge in [0.2, 0.25) is 11.8 Å². The first-order chi connectivity index (χ1) is 24.1. The number of hydrogen-bond acceptors (Lipinski definition) is 9. The van der Waals surface area contributed by atoms with Crippen LogP contribution in [0.5, 0.6) is 5.75 Å². The van der Waals surface area contributed by atoms with Crippen molar-refractivity contribution in [3.8, 4) is 5.75 Å². The molecular formula is C37H32ClN3O7S2. The average molecular weight is 730 g/mol. The van der Waals surface area contributed by atoms with Crippen LogP contribution >= 0.6 is 34.7 Å². The lowest BCUT2D eigenvalue weighted by atomic mass is 9.68. The van der Waals surface area contributed by atoms with E-state index in [0.717, 1.165) is 38.8 Å². The van der Waals surface area contributed by atoms with E-state index in [0.29, 0.717) is 27.7 Å². The number of rotatable bonds is 8. The smallest absolute Gasteiger partial charge is 0.338 e. The number of esters is 1. The molecule has 1 saturated heterocycles. The number of aromatic nitrogens is 1. The molecule has 0 unspecified atom stereocenters. The fraction of sp³-hybridized carbons (Fsp3) is 0.324. The Morgan fingerprint density at radius 2 is 1.70 bits per heavy atom. The zero-order valence-corrected chi connectivity index (χ0v) is 29.4. The van der Waals surface area contributed by atoms with E-state index in [2.05, 4.69) is 10.3 Å². The number of halogens is 1. The van der Waals surface area contributed by atoms with Gasteiger partial charge in [0.15, 0.2) is 6.61 Å². The van der Waals surface area contributed by atoms with Crippen LogP contribution in [-0.4, -0.2) is 47.1 Å². The summed E-state index contributed by atoms with van der Waals surface area (Å²) in [7, 11) is 0. The zero-order valence-electron chi connectivity index (χ0n) is 27.0. The van der Waals surface area contributed by atoms with Crippen molar-refractivity contribution in [2.75, 3.05) is 23.4 Å². The predicted octanol–water partition coefficient (Wildman–Crippen LogP) is 6.27. The number of imide groups is 1. The molecule has 3 aromatic carbocycles. The van der Waals surface area contributed by atoms with Gasteiger partial charge in [-0.15, -0.1) is 11.8 Å². The molecule has 2 N–H and O–H groups in total. The number of nitrogens with one attached hydrogen (secondary N) is 2. The minimum Gasteiger partial charge on any atom is -0.483 e. The predicted molar refractivity (Wildman–Crippen MR) is 190 cm³/mol. The summed E-state index contributed by atoms with van der Waals surface area (Å²) in [5.41, 5.74) is 3.23. The number of nitrogens with zero attached hydrogens (tertiary/aromatic N) is 1. The second-order valence-corrected chi connectivity index (χ2v) is 15.8. The normalized spacial score (nSPS) is 26.0. The fourth-order valence-corrected chi connectivity index (χ4v) is 11.5. The number of ether oxygens (including phenoxy) is 2. The second kappa shape index (κ2) is 12.7. The van der Waals surface area contributed by atoms with Crippen LogP contribution in [0.3, 0.4) is 0 Å². The number of thioether (sulfide) groups is 1. The van der Waals surface area contributed by atoms with Crippen molar-refractivity contribution in [1.82, 2.24) is 4.98 Å². The molecule has 2 bridgehead atoms. The summed E-state index contributed by atoms with van der Waals surface area (Å²) in [4.78, 5) is 70.9. The van der Waals surface area contributed by atoms with Crippen LogP contribution in [0, 0.1) is 36.5 Å². The number of aryl methyl sites for hydroxylation is 1. The van der Waals surface area contributed by atoms with Crippen LogP contribution in [0.15, 0.2) is 76.6 Å². The van der Waals surface area contributed by atoms with Gasteiger partial charge < -0.3 is 19.8 Å². The molecule has 2 aliphatic heterocycles. The summed E-state index contributed by atoms with van der Waals surface area (Å²) in [6, 6.07) is 19.1. The summed E-state index contributed by atoms with van der Waals surface area (Å²) >= 11 is 9.34. The van der Waals surface area contributed by atoms with Gasteiger partial charge in [-0.1, -0.05) is 40.6 Å². The highest BCUT2D eigenvalue weighted by Gasteiger charge is 2.69. The Kier molecular flexibility index (Phi) is 8.35. The van der Waals surface area contributed by atoms with Crippen LogP contribution in [0.25, 0.3) is 0 Å². The van der Waals surface area contributed by atoms with E-state index in [1.807, 2.05) is 37.3 Å². The van der Waals surface area contributed by atoms with Gasteiger partial charge in [0.05, 0.1) is 34.7 Å². The minimum atomic E-state index is -0.458. The summed E-state index contributed by atoms with van der Waals surface area (Å²) in [5, 5.41) is 4.00. The first-order valence-electron chi connectivity index (χ1n) is 16.5. The van der Waals surface area contributed by atoms with Crippen molar-refractivity contribution in [3.63, 3.8) is 0 Å².